The van der Waals surface area contributed by atoms with Gasteiger partial charge in [-0.05, 0) is 42.3 Å². The van der Waals surface area contributed by atoms with Crippen LogP contribution in [0.15, 0.2) is 51.4 Å². The molecule has 0 unspecified atom stereocenters. The lowest BCUT2D eigenvalue weighted by Crippen LogP contribution is -1.99. The molecule has 102 valence electrons. The summed E-state index contributed by atoms with van der Waals surface area (Å²) in [5.41, 5.74) is 4.06. The van der Waals surface area contributed by atoms with Gasteiger partial charge in [0.1, 0.15) is 5.58 Å². The van der Waals surface area contributed by atoms with Gasteiger partial charge < -0.3 is 9.73 Å². The number of rotatable bonds is 3. The molecule has 4 heteroatoms. The molecule has 2 nitrogen and oxygen atoms in total. The zero-order chi connectivity index (χ0) is 14.1. The van der Waals surface area contributed by atoms with Gasteiger partial charge in [0.15, 0.2) is 5.22 Å². The molecular formula is C16H13BrClNO. The molecule has 0 radical (unpaired) electrons. The van der Waals surface area contributed by atoms with Crippen LogP contribution in [-0.2, 0) is 6.54 Å². The summed E-state index contributed by atoms with van der Waals surface area (Å²) in [4.78, 5) is 0. The van der Waals surface area contributed by atoms with E-state index in [2.05, 4.69) is 46.4 Å². The second kappa shape index (κ2) is 5.51. The molecule has 0 aliphatic rings. The van der Waals surface area contributed by atoms with Gasteiger partial charge in [-0.25, -0.2) is 0 Å². The van der Waals surface area contributed by atoms with E-state index in [9.17, 15) is 0 Å². The van der Waals surface area contributed by atoms with Gasteiger partial charge in [0.25, 0.3) is 0 Å². The predicted molar refractivity (Wildman–Crippen MR) is 87.4 cm³/mol. The smallest absolute Gasteiger partial charge is 0.199 e. The molecule has 3 rings (SSSR count). The molecule has 0 aliphatic heterocycles. The van der Waals surface area contributed by atoms with Crippen LogP contribution in [0.4, 0.5) is 5.69 Å². The van der Waals surface area contributed by atoms with Crippen molar-refractivity contribution < 1.29 is 4.42 Å². The van der Waals surface area contributed by atoms with Crippen LogP contribution in [0.3, 0.4) is 0 Å². The molecule has 2 aromatic carbocycles. The van der Waals surface area contributed by atoms with Gasteiger partial charge in [-0.3, -0.25) is 0 Å². The van der Waals surface area contributed by atoms with E-state index in [4.69, 9.17) is 16.0 Å². The summed E-state index contributed by atoms with van der Waals surface area (Å²) in [6, 6.07) is 14.1. The molecule has 0 bridgehead atoms. The highest BCUT2D eigenvalue weighted by molar-refractivity contribution is 9.10. The number of nitrogens with one attached hydrogen (secondary N) is 1. The van der Waals surface area contributed by atoms with Gasteiger partial charge in [-0.1, -0.05) is 40.2 Å². The van der Waals surface area contributed by atoms with Crippen LogP contribution in [0.2, 0.25) is 5.22 Å². The number of halogens is 2. The van der Waals surface area contributed by atoms with Crippen molar-refractivity contribution in [2.75, 3.05) is 5.32 Å². The fraction of sp³-hybridized carbons (Fsp3) is 0.125. The number of para-hydroxylation sites is 1. The first-order valence-electron chi connectivity index (χ1n) is 6.31. The van der Waals surface area contributed by atoms with Crippen molar-refractivity contribution in [3.05, 3.63) is 63.3 Å². The fourth-order valence-corrected chi connectivity index (χ4v) is 2.76. The first-order chi connectivity index (χ1) is 9.65. The Hall–Kier alpha value is -1.45. The number of hydrogen-bond donors (Lipinski definition) is 1. The number of aryl methyl sites for hydroxylation is 1. The molecule has 0 saturated carbocycles. The average Bonchev–Trinajstić information content (AvgIpc) is 2.76. The van der Waals surface area contributed by atoms with E-state index in [1.54, 1.807) is 0 Å². The van der Waals surface area contributed by atoms with Crippen molar-refractivity contribution in [3.8, 4) is 0 Å². The lowest BCUT2D eigenvalue weighted by atomic mass is 10.1. The molecule has 20 heavy (non-hydrogen) atoms. The number of anilines is 1. The Morgan fingerprint density at radius 1 is 1.20 bits per heavy atom. The van der Waals surface area contributed by atoms with Gasteiger partial charge in [0.05, 0.1) is 0 Å². The Morgan fingerprint density at radius 3 is 2.80 bits per heavy atom. The maximum atomic E-state index is 6.17. The van der Waals surface area contributed by atoms with Crippen LogP contribution in [0.25, 0.3) is 11.0 Å². The van der Waals surface area contributed by atoms with Gasteiger partial charge in [0, 0.05) is 27.7 Å². The van der Waals surface area contributed by atoms with Crippen molar-refractivity contribution in [2.45, 2.75) is 13.5 Å². The molecule has 0 spiro atoms. The third-order valence-electron chi connectivity index (χ3n) is 3.29. The first-order valence-corrected chi connectivity index (χ1v) is 7.48. The maximum absolute atomic E-state index is 6.17. The molecule has 0 amide bonds. The summed E-state index contributed by atoms with van der Waals surface area (Å²) in [5, 5.41) is 4.87. The quantitative estimate of drug-likeness (QED) is 0.648. The minimum absolute atomic E-state index is 0.449. The molecule has 0 atom stereocenters. The Kier molecular flexibility index (Phi) is 3.72. The summed E-state index contributed by atoms with van der Waals surface area (Å²) >= 11 is 9.71. The Balaban J connectivity index is 1.86. The molecule has 0 saturated heterocycles. The molecule has 1 aromatic heterocycles. The SMILES string of the molecule is Cc1ccc(NCc2c(Cl)oc3ccccc23)cc1Br. The predicted octanol–water partition coefficient (Wildman–Crippen LogP) is 5.77. The Bertz CT molecular complexity index is 766. The van der Waals surface area contributed by atoms with Crippen LogP contribution in [0.1, 0.15) is 11.1 Å². The van der Waals surface area contributed by atoms with Crippen molar-refractivity contribution in [2.24, 2.45) is 0 Å². The number of benzene rings is 2. The number of hydrogen-bond acceptors (Lipinski definition) is 2. The van der Waals surface area contributed by atoms with E-state index in [1.165, 1.54) is 5.56 Å². The molecular weight excluding hydrogens is 338 g/mol. The highest BCUT2D eigenvalue weighted by Crippen LogP contribution is 2.30. The van der Waals surface area contributed by atoms with E-state index in [1.807, 2.05) is 24.3 Å². The highest BCUT2D eigenvalue weighted by atomic mass is 79.9. The lowest BCUT2D eigenvalue weighted by molar-refractivity contribution is 0.613. The van der Waals surface area contributed by atoms with E-state index in [0.29, 0.717) is 11.8 Å². The number of fused-ring (bicyclic) bond motifs is 1. The highest BCUT2D eigenvalue weighted by Gasteiger charge is 2.11. The minimum atomic E-state index is 0.449. The second-order valence-electron chi connectivity index (χ2n) is 4.67. The van der Waals surface area contributed by atoms with Crippen molar-refractivity contribution in [1.82, 2.24) is 0 Å². The van der Waals surface area contributed by atoms with Crippen molar-refractivity contribution in [1.29, 1.82) is 0 Å². The van der Waals surface area contributed by atoms with Crippen LogP contribution >= 0.6 is 27.5 Å². The largest absolute Gasteiger partial charge is 0.444 e. The van der Waals surface area contributed by atoms with E-state index < -0.39 is 0 Å². The van der Waals surface area contributed by atoms with E-state index in [0.717, 1.165) is 26.7 Å². The lowest BCUT2D eigenvalue weighted by Gasteiger charge is -2.07. The van der Waals surface area contributed by atoms with Crippen molar-refractivity contribution in [3.63, 3.8) is 0 Å². The first kappa shape index (κ1) is 13.5. The number of furan rings is 1. The summed E-state index contributed by atoms with van der Waals surface area (Å²) < 4.78 is 6.64. The van der Waals surface area contributed by atoms with Crippen LogP contribution in [0, 0.1) is 6.92 Å². The van der Waals surface area contributed by atoms with Gasteiger partial charge in [-0.2, -0.15) is 0 Å². The third kappa shape index (κ3) is 2.56. The average molecular weight is 351 g/mol. The Labute approximate surface area is 130 Å². The topological polar surface area (TPSA) is 25.2 Å². The molecule has 1 N–H and O–H groups in total. The molecule has 0 fully saturated rings. The van der Waals surface area contributed by atoms with Crippen LogP contribution in [0.5, 0.6) is 0 Å². The summed E-state index contributed by atoms with van der Waals surface area (Å²) in [7, 11) is 0. The summed E-state index contributed by atoms with van der Waals surface area (Å²) in [6.45, 7) is 2.69. The molecule has 0 aliphatic carbocycles. The Morgan fingerprint density at radius 2 is 2.00 bits per heavy atom. The van der Waals surface area contributed by atoms with Crippen LogP contribution in [-0.4, -0.2) is 0 Å². The van der Waals surface area contributed by atoms with E-state index >= 15 is 0 Å². The van der Waals surface area contributed by atoms with Crippen LogP contribution < -0.4 is 5.32 Å². The zero-order valence-electron chi connectivity index (χ0n) is 10.9. The second-order valence-corrected chi connectivity index (χ2v) is 5.87. The zero-order valence-corrected chi connectivity index (χ0v) is 13.3. The summed E-state index contributed by atoms with van der Waals surface area (Å²) in [6.07, 6.45) is 0. The normalized spacial score (nSPS) is 10.9. The molecule has 1 heterocycles. The van der Waals surface area contributed by atoms with Gasteiger partial charge in [-0.15, -0.1) is 0 Å². The molecule has 3 aromatic rings. The van der Waals surface area contributed by atoms with Gasteiger partial charge in [0.2, 0.25) is 0 Å². The third-order valence-corrected chi connectivity index (χ3v) is 4.45. The van der Waals surface area contributed by atoms with Gasteiger partial charge >= 0.3 is 0 Å². The maximum Gasteiger partial charge on any atom is 0.199 e. The minimum Gasteiger partial charge on any atom is -0.444 e. The van der Waals surface area contributed by atoms with E-state index in [-0.39, 0.29) is 0 Å². The standard InChI is InChI=1S/C16H13BrClNO/c1-10-6-7-11(8-14(10)17)19-9-13-12-4-2-3-5-15(12)20-16(13)18/h2-8,19H,9H2,1H3. The summed E-state index contributed by atoms with van der Waals surface area (Å²) in [5.74, 6) is 0. The fourth-order valence-electron chi connectivity index (χ4n) is 2.13. The van der Waals surface area contributed by atoms with Crippen molar-refractivity contribution >= 4 is 44.2 Å². The monoisotopic (exact) mass is 349 g/mol.